The Kier molecular flexibility index (Phi) is 5.01. The highest BCUT2D eigenvalue weighted by Gasteiger charge is 2.44. The molecule has 1 spiro atoms. The monoisotopic (exact) mass is 400 g/mol. The number of hydrogen-bond acceptors (Lipinski definition) is 7. The summed E-state index contributed by atoms with van der Waals surface area (Å²) in [6.45, 7) is 4.74. The first kappa shape index (κ1) is 19.0. The molecule has 0 aromatic carbocycles. The minimum atomic E-state index is -0.293. The van der Waals surface area contributed by atoms with Crippen LogP contribution in [0.4, 0.5) is 0 Å². The highest BCUT2D eigenvalue weighted by Crippen LogP contribution is 2.41. The van der Waals surface area contributed by atoms with Crippen LogP contribution in [-0.2, 0) is 4.74 Å². The lowest BCUT2D eigenvalue weighted by Crippen LogP contribution is -2.57. The molecule has 5 rings (SSSR count). The van der Waals surface area contributed by atoms with E-state index in [0.29, 0.717) is 30.2 Å². The molecule has 0 saturated carbocycles. The van der Waals surface area contributed by atoms with Crippen molar-refractivity contribution in [2.24, 2.45) is 5.41 Å². The number of β-amino-alcohol motifs (C(OH)–C–C–N with tert-alkyl or cyclic N) is 1. The summed E-state index contributed by atoms with van der Waals surface area (Å²) in [6.07, 6.45) is 6.06. The highest BCUT2D eigenvalue weighted by molar-refractivity contribution is 6.02. The third kappa shape index (κ3) is 3.65. The molecule has 5 heterocycles. The van der Waals surface area contributed by atoms with Gasteiger partial charge in [0.15, 0.2) is 0 Å². The van der Waals surface area contributed by atoms with Crippen molar-refractivity contribution in [2.75, 3.05) is 39.4 Å². The summed E-state index contributed by atoms with van der Waals surface area (Å²) in [7, 11) is 0. The zero-order valence-electron chi connectivity index (χ0n) is 16.6. The number of carbonyl (C=O) groups is 1. The van der Waals surface area contributed by atoms with Crippen molar-refractivity contribution >= 4 is 16.9 Å². The largest absolute Gasteiger partial charge is 0.392 e. The number of likely N-dealkylation sites (tertiary alicyclic amines) is 2. The number of rotatable bonds is 2. The molecule has 3 saturated heterocycles. The Bertz CT molecular complexity index is 870. The second-order valence-corrected chi connectivity index (χ2v) is 8.81. The van der Waals surface area contributed by atoms with E-state index < -0.39 is 0 Å². The molecule has 0 aliphatic carbocycles. The molecular weight excluding hydrogens is 372 g/mol. The molecule has 8 nitrogen and oxygen atoms in total. The SMILES string of the molecule is O=C(c1onc2ncccc12)N1CCC2(CC1)CC(O)CN(C1CCOCC1)C2. The lowest BCUT2D eigenvalue weighted by atomic mass is 9.71. The van der Waals surface area contributed by atoms with Crippen molar-refractivity contribution < 1.29 is 19.2 Å². The fraction of sp³-hybridized carbons (Fsp3) is 0.667. The van der Waals surface area contributed by atoms with Crippen LogP contribution in [0.15, 0.2) is 22.9 Å². The number of aliphatic hydroxyl groups excluding tert-OH is 1. The molecule has 1 amide bonds. The summed E-state index contributed by atoms with van der Waals surface area (Å²) in [5, 5.41) is 15.2. The maximum Gasteiger partial charge on any atom is 0.293 e. The molecule has 3 aliphatic rings. The Morgan fingerprint density at radius 2 is 2.03 bits per heavy atom. The summed E-state index contributed by atoms with van der Waals surface area (Å²) < 4.78 is 10.8. The average molecular weight is 400 g/mol. The van der Waals surface area contributed by atoms with E-state index >= 15 is 0 Å². The molecule has 2 aromatic heterocycles. The lowest BCUT2D eigenvalue weighted by molar-refractivity contribution is -0.0696. The van der Waals surface area contributed by atoms with Gasteiger partial charge in [0, 0.05) is 51.6 Å². The predicted molar refractivity (Wildman–Crippen MR) is 105 cm³/mol. The molecule has 1 unspecified atom stereocenters. The lowest BCUT2D eigenvalue weighted by Gasteiger charge is -2.51. The Labute approximate surface area is 169 Å². The maximum atomic E-state index is 13.0. The third-order valence-electron chi connectivity index (χ3n) is 6.92. The third-order valence-corrected chi connectivity index (χ3v) is 6.92. The van der Waals surface area contributed by atoms with Crippen LogP contribution in [0.25, 0.3) is 11.0 Å². The van der Waals surface area contributed by atoms with E-state index in [4.69, 9.17) is 9.26 Å². The first-order chi connectivity index (χ1) is 14.1. The van der Waals surface area contributed by atoms with Gasteiger partial charge in [0.25, 0.3) is 5.91 Å². The predicted octanol–water partition coefficient (Wildman–Crippen LogP) is 1.69. The first-order valence-electron chi connectivity index (χ1n) is 10.6. The van der Waals surface area contributed by atoms with Gasteiger partial charge in [-0.1, -0.05) is 5.16 Å². The Morgan fingerprint density at radius 3 is 2.83 bits per heavy atom. The molecule has 1 N–H and O–H groups in total. The molecule has 1 atom stereocenters. The van der Waals surface area contributed by atoms with Gasteiger partial charge in [-0.3, -0.25) is 9.69 Å². The number of aromatic nitrogens is 2. The van der Waals surface area contributed by atoms with Crippen molar-refractivity contribution in [2.45, 2.75) is 44.2 Å². The topological polar surface area (TPSA) is 91.9 Å². The second-order valence-electron chi connectivity index (χ2n) is 8.81. The number of amides is 1. The van der Waals surface area contributed by atoms with Crippen LogP contribution in [0, 0.1) is 5.41 Å². The van der Waals surface area contributed by atoms with Crippen LogP contribution in [-0.4, -0.2) is 82.5 Å². The Hall–Kier alpha value is -2.03. The molecule has 8 heteroatoms. The van der Waals surface area contributed by atoms with Crippen molar-refractivity contribution in [3.8, 4) is 0 Å². The number of fused-ring (bicyclic) bond motifs is 1. The van der Waals surface area contributed by atoms with Gasteiger partial charge in [0.2, 0.25) is 11.4 Å². The van der Waals surface area contributed by atoms with Crippen LogP contribution < -0.4 is 0 Å². The zero-order chi connectivity index (χ0) is 19.8. The number of piperidine rings is 2. The molecule has 0 bridgehead atoms. The van der Waals surface area contributed by atoms with Gasteiger partial charge in [-0.2, -0.15) is 0 Å². The zero-order valence-corrected chi connectivity index (χ0v) is 16.6. The normalized spacial score (nSPS) is 26.2. The standard InChI is InChI=1S/C21H28N4O4/c26-16-12-21(14-25(13-16)15-3-10-28-11-4-15)5-8-24(9-6-21)20(27)18-17-2-1-7-22-19(17)23-29-18/h1-2,7,15-16,26H,3-6,8-14H2. The van der Waals surface area contributed by atoms with Gasteiger partial charge in [-0.05, 0) is 49.7 Å². The van der Waals surface area contributed by atoms with E-state index in [1.54, 1.807) is 12.3 Å². The van der Waals surface area contributed by atoms with Gasteiger partial charge >= 0.3 is 0 Å². The number of nitrogens with zero attached hydrogens (tertiary/aromatic N) is 4. The van der Waals surface area contributed by atoms with Gasteiger partial charge in [-0.25, -0.2) is 4.98 Å². The van der Waals surface area contributed by atoms with Crippen molar-refractivity contribution in [1.82, 2.24) is 19.9 Å². The van der Waals surface area contributed by atoms with Gasteiger partial charge in [-0.15, -0.1) is 0 Å². The van der Waals surface area contributed by atoms with Crippen LogP contribution in [0.5, 0.6) is 0 Å². The second kappa shape index (κ2) is 7.66. The smallest absolute Gasteiger partial charge is 0.293 e. The molecule has 3 aliphatic heterocycles. The van der Waals surface area contributed by atoms with Crippen molar-refractivity contribution in [1.29, 1.82) is 0 Å². The van der Waals surface area contributed by atoms with Gasteiger partial charge < -0.3 is 19.3 Å². The molecular formula is C21H28N4O4. The number of carbonyl (C=O) groups excluding carboxylic acids is 1. The number of ether oxygens (including phenoxy) is 1. The summed E-state index contributed by atoms with van der Waals surface area (Å²) in [5.41, 5.74) is 0.546. The number of pyridine rings is 1. The first-order valence-corrected chi connectivity index (χ1v) is 10.6. The van der Waals surface area contributed by atoms with E-state index in [0.717, 1.165) is 58.4 Å². The minimum absolute atomic E-state index is 0.0811. The quantitative estimate of drug-likeness (QED) is 0.820. The van der Waals surface area contributed by atoms with Crippen LogP contribution in [0.3, 0.4) is 0 Å². The summed E-state index contributed by atoms with van der Waals surface area (Å²) in [4.78, 5) is 21.5. The minimum Gasteiger partial charge on any atom is -0.392 e. The summed E-state index contributed by atoms with van der Waals surface area (Å²) >= 11 is 0. The molecule has 3 fully saturated rings. The van der Waals surface area contributed by atoms with Gasteiger partial charge in [0.1, 0.15) is 0 Å². The van der Waals surface area contributed by atoms with Crippen LogP contribution in [0.2, 0.25) is 0 Å². The molecule has 2 aromatic rings. The summed E-state index contributed by atoms with van der Waals surface area (Å²) in [5.74, 6) is 0.157. The van der Waals surface area contributed by atoms with E-state index in [-0.39, 0.29) is 23.2 Å². The highest BCUT2D eigenvalue weighted by atomic mass is 16.5. The average Bonchev–Trinajstić information content (AvgIpc) is 3.18. The fourth-order valence-corrected chi connectivity index (χ4v) is 5.35. The molecule has 0 radical (unpaired) electrons. The maximum absolute atomic E-state index is 13.0. The Morgan fingerprint density at radius 1 is 1.24 bits per heavy atom. The van der Waals surface area contributed by atoms with Crippen LogP contribution >= 0.6 is 0 Å². The van der Waals surface area contributed by atoms with Crippen LogP contribution in [0.1, 0.15) is 42.7 Å². The van der Waals surface area contributed by atoms with E-state index in [2.05, 4.69) is 15.0 Å². The van der Waals surface area contributed by atoms with E-state index in [1.165, 1.54) is 0 Å². The Balaban J connectivity index is 1.27. The van der Waals surface area contributed by atoms with Crippen molar-refractivity contribution in [3.63, 3.8) is 0 Å². The van der Waals surface area contributed by atoms with E-state index in [9.17, 15) is 9.90 Å². The fourth-order valence-electron chi connectivity index (χ4n) is 5.35. The van der Waals surface area contributed by atoms with E-state index in [1.807, 2.05) is 11.0 Å². The van der Waals surface area contributed by atoms with Gasteiger partial charge in [0.05, 0.1) is 11.5 Å². The molecule has 156 valence electrons. The van der Waals surface area contributed by atoms with Crippen molar-refractivity contribution in [3.05, 3.63) is 24.1 Å². The number of aliphatic hydroxyl groups is 1. The molecule has 29 heavy (non-hydrogen) atoms. The summed E-state index contributed by atoms with van der Waals surface area (Å²) in [6, 6.07) is 4.11. The number of hydrogen-bond donors (Lipinski definition) is 1.